The van der Waals surface area contributed by atoms with Gasteiger partial charge in [-0.3, -0.25) is 0 Å². The molecule has 3 nitrogen and oxygen atoms in total. The zero-order valence-corrected chi connectivity index (χ0v) is 15.4. The SMILES string of the molecule is COC(=O)c1cc(Br)cc(Br)c1NC1CCCCCCC1. The molecule has 1 aromatic rings. The van der Waals surface area contributed by atoms with Crippen molar-refractivity contribution in [3.63, 3.8) is 0 Å². The van der Waals surface area contributed by atoms with E-state index in [0.29, 0.717) is 11.6 Å². The van der Waals surface area contributed by atoms with Crippen LogP contribution < -0.4 is 5.32 Å². The number of rotatable bonds is 3. The first-order valence-corrected chi connectivity index (χ1v) is 9.04. The molecular formula is C16H21Br2NO2. The van der Waals surface area contributed by atoms with Gasteiger partial charge in [-0.05, 0) is 40.9 Å². The van der Waals surface area contributed by atoms with E-state index in [4.69, 9.17) is 4.74 Å². The van der Waals surface area contributed by atoms with Crippen LogP contribution in [0.25, 0.3) is 0 Å². The number of carbonyl (C=O) groups excluding carboxylic acids is 1. The molecule has 0 unspecified atom stereocenters. The van der Waals surface area contributed by atoms with Crippen LogP contribution >= 0.6 is 31.9 Å². The lowest BCUT2D eigenvalue weighted by atomic mass is 9.96. The molecule has 0 aliphatic heterocycles. The van der Waals surface area contributed by atoms with Crippen LogP contribution in [0.2, 0.25) is 0 Å². The van der Waals surface area contributed by atoms with Gasteiger partial charge >= 0.3 is 5.97 Å². The van der Waals surface area contributed by atoms with Gasteiger partial charge < -0.3 is 10.1 Å². The van der Waals surface area contributed by atoms with E-state index in [9.17, 15) is 4.79 Å². The molecule has 1 aromatic carbocycles. The number of carbonyl (C=O) groups is 1. The molecule has 0 heterocycles. The van der Waals surface area contributed by atoms with Crippen LogP contribution in [0, 0.1) is 0 Å². The molecule has 0 amide bonds. The summed E-state index contributed by atoms with van der Waals surface area (Å²) in [6.07, 6.45) is 8.78. The van der Waals surface area contributed by atoms with Gasteiger partial charge in [-0.1, -0.05) is 48.0 Å². The van der Waals surface area contributed by atoms with Crippen molar-refractivity contribution in [2.24, 2.45) is 0 Å². The van der Waals surface area contributed by atoms with Gasteiger partial charge in [0.25, 0.3) is 0 Å². The van der Waals surface area contributed by atoms with Gasteiger partial charge in [0.2, 0.25) is 0 Å². The van der Waals surface area contributed by atoms with E-state index < -0.39 is 0 Å². The number of ether oxygens (including phenoxy) is 1. The van der Waals surface area contributed by atoms with Gasteiger partial charge in [0.05, 0.1) is 18.4 Å². The Labute approximate surface area is 143 Å². The number of hydrogen-bond acceptors (Lipinski definition) is 3. The van der Waals surface area contributed by atoms with Gasteiger partial charge in [0.15, 0.2) is 0 Å². The van der Waals surface area contributed by atoms with Crippen LogP contribution in [-0.4, -0.2) is 19.1 Å². The molecule has 0 aromatic heterocycles. The highest BCUT2D eigenvalue weighted by atomic mass is 79.9. The molecule has 1 fully saturated rings. The minimum atomic E-state index is -0.314. The van der Waals surface area contributed by atoms with Crippen LogP contribution in [0.3, 0.4) is 0 Å². The first-order chi connectivity index (χ1) is 10.1. The Kier molecular flexibility index (Phi) is 6.55. The van der Waals surface area contributed by atoms with Crippen molar-refractivity contribution < 1.29 is 9.53 Å². The maximum atomic E-state index is 12.0. The number of methoxy groups -OCH3 is 1. The van der Waals surface area contributed by atoms with Crippen LogP contribution in [0.15, 0.2) is 21.1 Å². The molecule has 0 spiro atoms. The number of esters is 1. The monoisotopic (exact) mass is 417 g/mol. The Bertz CT molecular complexity index is 497. The minimum Gasteiger partial charge on any atom is -0.465 e. The summed E-state index contributed by atoms with van der Waals surface area (Å²) in [5.74, 6) is -0.314. The number of anilines is 1. The number of hydrogen-bond donors (Lipinski definition) is 1. The molecule has 0 bridgehead atoms. The molecule has 0 saturated heterocycles. The summed E-state index contributed by atoms with van der Waals surface area (Å²) >= 11 is 6.98. The van der Waals surface area contributed by atoms with Crippen LogP contribution in [0.4, 0.5) is 5.69 Å². The number of halogens is 2. The van der Waals surface area contributed by atoms with Gasteiger partial charge in [-0.2, -0.15) is 0 Å². The number of benzene rings is 1. The van der Waals surface area contributed by atoms with E-state index >= 15 is 0 Å². The third-order valence-corrected chi connectivity index (χ3v) is 5.00. The quantitative estimate of drug-likeness (QED) is 0.656. The third kappa shape index (κ3) is 4.71. The van der Waals surface area contributed by atoms with E-state index in [-0.39, 0.29) is 5.97 Å². The summed E-state index contributed by atoms with van der Waals surface area (Å²) in [4.78, 5) is 12.0. The Balaban J connectivity index is 2.22. The fraction of sp³-hybridized carbons (Fsp3) is 0.562. The van der Waals surface area contributed by atoms with Crippen molar-refractivity contribution in [3.05, 3.63) is 26.6 Å². The van der Waals surface area contributed by atoms with Crippen molar-refractivity contribution in [1.29, 1.82) is 0 Å². The lowest BCUT2D eigenvalue weighted by molar-refractivity contribution is 0.0601. The van der Waals surface area contributed by atoms with Crippen LogP contribution in [-0.2, 0) is 4.74 Å². The smallest absolute Gasteiger partial charge is 0.340 e. The molecule has 0 radical (unpaired) electrons. The molecule has 2 rings (SSSR count). The Morgan fingerprint density at radius 2 is 1.76 bits per heavy atom. The van der Waals surface area contributed by atoms with E-state index in [1.165, 1.54) is 39.2 Å². The summed E-state index contributed by atoms with van der Waals surface area (Å²) in [7, 11) is 1.41. The molecule has 5 heteroatoms. The number of nitrogens with one attached hydrogen (secondary N) is 1. The van der Waals surface area contributed by atoms with Gasteiger partial charge in [0, 0.05) is 15.0 Å². The van der Waals surface area contributed by atoms with E-state index in [1.54, 1.807) is 0 Å². The zero-order chi connectivity index (χ0) is 15.2. The molecule has 21 heavy (non-hydrogen) atoms. The zero-order valence-electron chi connectivity index (χ0n) is 12.3. The summed E-state index contributed by atoms with van der Waals surface area (Å²) in [5.41, 5.74) is 1.41. The topological polar surface area (TPSA) is 38.3 Å². The predicted molar refractivity (Wildman–Crippen MR) is 92.9 cm³/mol. The average molecular weight is 419 g/mol. The van der Waals surface area contributed by atoms with Crippen LogP contribution in [0.5, 0.6) is 0 Å². The van der Waals surface area contributed by atoms with Crippen molar-refractivity contribution in [2.75, 3.05) is 12.4 Å². The highest BCUT2D eigenvalue weighted by molar-refractivity contribution is 9.11. The van der Waals surface area contributed by atoms with Gasteiger partial charge in [-0.15, -0.1) is 0 Å². The van der Waals surface area contributed by atoms with Crippen LogP contribution in [0.1, 0.15) is 55.3 Å². The predicted octanol–water partition coefficient (Wildman–Crippen LogP) is 5.52. The first-order valence-electron chi connectivity index (χ1n) is 7.45. The second kappa shape index (κ2) is 8.18. The molecule has 1 saturated carbocycles. The molecule has 1 aliphatic rings. The summed E-state index contributed by atoms with van der Waals surface area (Å²) in [6.45, 7) is 0. The lowest BCUT2D eigenvalue weighted by Gasteiger charge is -2.24. The summed E-state index contributed by atoms with van der Waals surface area (Å²) in [5, 5.41) is 3.56. The maximum absolute atomic E-state index is 12.0. The third-order valence-electron chi connectivity index (χ3n) is 3.91. The fourth-order valence-electron chi connectivity index (χ4n) is 2.80. The normalized spacial score (nSPS) is 16.9. The second-order valence-electron chi connectivity index (χ2n) is 5.49. The summed E-state index contributed by atoms with van der Waals surface area (Å²) < 4.78 is 6.65. The lowest BCUT2D eigenvalue weighted by Crippen LogP contribution is -2.22. The van der Waals surface area contributed by atoms with Gasteiger partial charge in [-0.25, -0.2) is 4.79 Å². The maximum Gasteiger partial charge on any atom is 0.340 e. The average Bonchev–Trinajstić information content (AvgIpc) is 2.42. The van der Waals surface area contributed by atoms with Crippen molar-refractivity contribution >= 4 is 43.5 Å². The Morgan fingerprint density at radius 1 is 1.14 bits per heavy atom. The molecule has 1 aliphatic carbocycles. The fourth-order valence-corrected chi connectivity index (χ4v) is 4.14. The van der Waals surface area contributed by atoms with E-state index in [2.05, 4.69) is 37.2 Å². The van der Waals surface area contributed by atoms with E-state index in [1.807, 2.05) is 12.1 Å². The second-order valence-corrected chi connectivity index (χ2v) is 7.26. The van der Waals surface area contributed by atoms with Gasteiger partial charge in [0.1, 0.15) is 0 Å². The highest BCUT2D eigenvalue weighted by Crippen LogP contribution is 2.33. The molecule has 0 atom stereocenters. The highest BCUT2D eigenvalue weighted by Gasteiger charge is 2.19. The van der Waals surface area contributed by atoms with Crippen molar-refractivity contribution in [3.8, 4) is 0 Å². The first kappa shape index (κ1) is 16.8. The Morgan fingerprint density at radius 3 is 2.38 bits per heavy atom. The minimum absolute atomic E-state index is 0.314. The van der Waals surface area contributed by atoms with Crippen molar-refractivity contribution in [2.45, 2.75) is 51.0 Å². The standard InChI is InChI=1S/C16H21Br2NO2/c1-21-16(20)13-9-11(17)10-14(18)15(13)19-12-7-5-3-2-4-6-8-12/h9-10,12,19H,2-8H2,1H3. The Hall–Kier alpha value is -0.550. The summed E-state index contributed by atoms with van der Waals surface area (Å²) in [6, 6.07) is 4.19. The molecule has 116 valence electrons. The van der Waals surface area contributed by atoms with E-state index in [0.717, 1.165) is 27.5 Å². The van der Waals surface area contributed by atoms with Crippen molar-refractivity contribution in [1.82, 2.24) is 0 Å². The molecule has 1 N–H and O–H groups in total. The largest absolute Gasteiger partial charge is 0.465 e. The molecular weight excluding hydrogens is 398 g/mol.